The molecular formula is C10H15N3O2. The van der Waals surface area contributed by atoms with Crippen molar-refractivity contribution in [3.63, 3.8) is 0 Å². The Hall–Kier alpha value is -1.78. The normalized spacial score (nSPS) is 9.80. The van der Waals surface area contributed by atoms with E-state index in [0.717, 1.165) is 5.56 Å². The first-order chi connectivity index (χ1) is 7.04. The van der Waals surface area contributed by atoms with E-state index in [1.807, 2.05) is 13.0 Å². The maximum atomic E-state index is 11.0. The van der Waals surface area contributed by atoms with E-state index in [9.17, 15) is 4.79 Å². The standard InChI is InChI=1S/C10H15N3O2/c1-7-4-8(11)10(12-5-7)13(2)6-9(14)15-3/h4-5H,6,11H2,1-3H3. The monoisotopic (exact) mass is 209 g/mol. The molecule has 0 aliphatic heterocycles. The number of aryl methyl sites for hydroxylation is 1. The molecule has 5 nitrogen and oxygen atoms in total. The van der Waals surface area contributed by atoms with Gasteiger partial charge in [-0.25, -0.2) is 4.98 Å². The number of nitrogens with two attached hydrogens (primary N) is 1. The summed E-state index contributed by atoms with van der Waals surface area (Å²) in [5.74, 6) is 0.269. The van der Waals surface area contributed by atoms with Gasteiger partial charge in [0.25, 0.3) is 0 Å². The molecule has 0 aromatic carbocycles. The number of hydrogen-bond acceptors (Lipinski definition) is 5. The van der Waals surface area contributed by atoms with Crippen molar-refractivity contribution in [2.75, 3.05) is 31.3 Å². The molecule has 0 aliphatic rings. The number of aromatic nitrogens is 1. The van der Waals surface area contributed by atoms with Gasteiger partial charge in [-0.2, -0.15) is 0 Å². The van der Waals surface area contributed by atoms with Crippen molar-refractivity contribution < 1.29 is 9.53 Å². The number of rotatable bonds is 3. The second kappa shape index (κ2) is 4.63. The fourth-order valence-corrected chi connectivity index (χ4v) is 1.24. The van der Waals surface area contributed by atoms with Crippen LogP contribution in [0.25, 0.3) is 0 Å². The zero-order chi connectivity index (χ0) is 11.4. The molecule has 82 valence electrons. The third kappa shape index (κ3) is 2.83. The average Bonchev–Trinajstić information content (AvgIpc) is 2.17. The first-order valence-electron chi connectivity index (χ1n) is 4.54. The van der Waals surface area contributed by atoms with Crippen LogP contribution in [0.15, 0.2) is 12.3 Å². The van der Waals surface area contributed by atoms with Crippen molar-refractivity contribution in [1.82, 2.24) is 4.98 Å². The lowest BCUT2D eigenvalue weighted by molar-refractivity contribution is -0.138. The molecular weight excluding hydrogens is 194 g/mol. The van der Waals surface area contributed by atoms with Crippen LogP contribution in [-0.2, 0) is 9.53 Å². The largest absolute Gasteiger partial charge is 0.468 e. The van der Waals surface area contributed by atoms with E-state index in [1.54, 1.807) is 18.1 Å². The highest BCUT2D eigenvalue weighted by atomic mass is 16.5. The molecule has 0 fully saturated rings. The van der Waals surface area contributed by atoms with Gasteiger partial charge in [-0.15, -0.1) is 0 Å². The highest BCUT2D eigenvalue weighted by Gasteiger charge is 2.11. The molecule has 0 saturated heterocycles. The molecule has 1 aromatic heterocycles. The van der Waals surface area contributed by atoms with Crippen LogP contribution in [-0.4, -0.2) is 31.7 Å². The Morgan fingerprint density at radius 2 is 2.33 bits per heavy atom. The quantitative estimate of drug-likeness (QED) is 0.737. The summed E-state index contributed by atoms with van der Waals surface area (Å²) in [6.45, 7) is 2.05. The summed E-state index contributed by atoms with van der Waals surface area (Å²) in [6, 6.07) is 1.82. The van der Waals surface area contributed by atoms with Gasteiger partial charge in [-0.05, 0) is 18.6 Å². The maximum Gasteiger partial charge on any atom is 0.325 e. The highest BCUT2D eigenvalue weighted by Crippen LogP contribution is 2.19. The number of carbonyl (C=O) groups is 1. The van der Waals surface area contributed by atoms with Crippen molar-refractivity contribution in [2.24, 2.45) is 0 Å². The molecule has 0 radical (unpaired) electrons. The molecule has 2 N–H and O–H groups in total. The summed E-state index contributed by atoms with van der Waals surface area (Å²) in [4.78, 5) is 16.9. The van der Waals surface area contributed by atoms with Gasteiger partial charge in [0.15, 0.2) is 5.82 Å². The molecule has 15 heavy (non-hydrogen) atoms. The molecule has 1 aromatic rings. The van der Waals surface area contributed by atoms with Crippen LogP contribution in [0.5, 0.6) is 0 Å². The van der Waals surface area contributed by atoms with Crippen LogP contribution in [0, 0.1) is 6.92 Å². The molecule has 0 amide bonds. The lowest BCUT2D eigenvalue weighted by Crippen LogP contribution is -2.27. The lowest BCUT2D eigenvalue weighted by atomic mass is 10.3. The number of likely N-dealkylation sites (N-methyl/N-ethyl adjacent to an activating group) is 1. The van der Waals surface area contributed by atoms with Crippen molar-refractivity contribution in [3.05, 3.63) is 17.8 Å². The minimum atomic E-state index is -0.320. The Bertz CT molecular complexity index is 366. The summed E-state index contributed by atoms with van der Waals surface area (Å²) in [7, 11) is 3.09. The number of methoxy groups -OCH3 is 1. The van der Waals surface area contributed by atoms with E-state index >= 15 is 0 Å². The zero-order valence-electron chi connectivity index (χ0n) is 9.15. The van der Waals surface area contributed by atoms with E-state index in [4.69, 9.17) is 5.73 Å². The molecule has 0 aliphatic carbocycles. The summed E-state index contributed by atoms with van der Waals surface area (Å²) < 4.78 is 4.56. The van der Waals surface area contributed by atoms with Crippen LogP contribution < -0.4 is 10.6 Å². The maximum absolute atomic E-state index is 11.0. The topological polar surface area (TPSA) is 68.5 Å². The van der Waals surface area contributed by atoms with Crippen molar-refractivity contribution in [2.45, 2.75) is 6.92 Å². The van der Waals surface area contributed by atoms with E-state index in [-0.39, 0.29) is 12.5 Å². The Morgan fingerprint density at radius 1 is 1.67 bits per heavy atom. The van der Waals surface area contributed by atoms with E-state index in [2.05, 4.69) is 9.72 Å². The SMILES string of the molecule is COC(=O)CN(C)c1ncc(C)cc1N. The fourth-order valence-electron chi connectivity index (χ4n) is 1.24. The summed E-state index contributed by atoms with van der Waals surface area (Å²) >= 11 is 0. The van der Waals surface area contributed by atoms with E-state index in [0.29, 0.717) is 11.5 Å². The molecule has 1 rings (SSSR count). The number of pyridine rings is 1. The lowest BCUT2D eigenvalue weighted by Gasteiger charge is -2.18. The van der Waals surface area contributed by atoms with Crippen LogP contribution in [0.3, 0.4) is 0 Å². The molecule has 0 spiro atoms. The number of anilines is 2. The number of ether oxygens (including phenoxy) is 1. The van der Waals surface area contributed by atoms with Gasteiger partial charge < -0.3 is 15.4 Å². The van der Waals surface area contributed by atoms with Crippen molar-refractivity contribution >= 4 is 17.5 Å². The third-order valence-corrected chi connectivity index (χ3v) is 1.99. The zero-order valence-corrected chi connectivity index (χ0v) is 9.15. The highest BCUT2D eigenvalue weighted by molar-refractivity contribution is 5.77. The van der Waals surface area contributed by atoms with E-state index < -0.39 is 0 Å². The van der Waals surface area contributed by atoms with Gasteiger partial charge >= 0.3 is 5.97 Å². The van der Waals surface area contributed by atoms with Gasteiger partial charge in [0.2, 0.25) is 0 Å². The first-order valence-corrected chi connectivity index (χ1v) is 4.54. The number of nitrogen functional groups attached to an aromatic ring is 1. The fraction of sp³-hybridized carbons (Fsp3) is 0.400. The van der Waals surface area contributed by atoms with Crippen LogP contribution in [0.1, 0.15) is 5.56 Å². The average molecular weight is 209 g/mol. The number of nitrogens with zero attached hydrogens (tertiary/aromatic N) is 2. The molecule has 0 atom stereocenters. The molecule has 1 heterocycles. The molecule has 0 unspecified atom stereocenters. The first kappa shape index (κ1) is 11.3. The number of esters is 1. The van der Waals surface area contributed by atoms with Gasteiger partial charge in [-0.1, -0.05) is 0 Å². The predicted octanol–water partition coefficient (Wildman–Crippen LogP) is 0.581. The van der Waals surface area contributed by atoms with Crippen LogP contribution in [0.4, 0.5) is 11.5 Å². The van der Waals surface area contributed by atoms with Gasteiger partial charge in [0, 0.05) is 13.2 Å². The summed E-state index contributed by atoms with van der Waals surface area (Å²) in [5.41, 5.74) is 7.33. The van der Waals surface area contributed by atoms with Gasteiger partial charge in [0.1, 0.15) is 6.54 Å². The minimum Gasteiger partial charge on any atom is -0.468 e. The van der Waals surface area contributed by atoms with E-state index in [1.165, 1.54) is 7.11 Å². The predicted molar refractivity (Wildman–Crippen MR) is 58.7 cm³/mol. The number of hydrogen-bond donors (Lipinski definition) is 1. The van der Waals surface area contributed by atoms with Crippen molar-refractivity contribution in [1.29, 1.82) is 0 Å². The Balaban J connectivity index is 2.82. The molecule has 0 saturated carbocycles. The second-order valence-corrected chi connectivity index (χ2v) is 3.36. The van der Waals surface area contributed by atoms with Crippen molar-refractivity contribution in [3.8, 4) is 0 Å². The Morgan fingerprint density at radius 3 is 2.87 bits per heavy atom. The Labute approximate surface area is 88.9 Å². The van der Waals surface area contributed by atoms with Crippen LogP contribution in [0.2, 0.25) is 0 Å². The van der Waals surface area contributed by atoms with Gasteiger partial charge in [-0.3, -0.25) is 4.79 Å². The van der Waals surface area contributed by atoms with Crippen LogP contribution >= 0.6 is 0 Å². The Kier molecular flexibility index (Phi) is 3.49. The summed E-state index contributed by atoms with van der Waals surface area (Å²) in [5, 5.41) is 0. The molecule has 0 bridgehead atoms. The number of carbonyl (C=O) groups excluding carboxylic acids is 1. The minimum absolute atomic E-state index is 0.136. The summed E-state index contributed by atoms with van der Waals surface area (Å²) in [6.07, 6.45) is 1.71. The second-order valence-electron chi connectivity index (χ2n) is 3.36. The molecule has 5 heteroatoms. The van der Waals surface area contributed by atoms with Gasteiger partial charge in [0.05, 0.1) is 12.8 Å². The third-order valence-electron chi connectivity index (χ3n) is 1.99. The smallest absolute Gasteiger partial charge is 0.325 e.